The second kappa shape index (κ2) is 10.5. The molecule has 0 aliphatic heterocycles. The number of hydrogen-bond acceptors (Lipinski definition) is 8. The summed E-state index contributed by atoms with van der Waals surface area (Å²) in [5.41, 5.74) is 0.772. The number of ether oxygens (including phenoxy) is 4. The highest BCUT2D eigenvalue weighted by molar-refractivity contribution is 8.05. The monoisotopic (exact) mass is 510 g/mol. The molecule has 0 saturated heterocycles. The lowest BCUT2D eigenvalue weighted by Crippen LogP contribution is -2.01. The molecule has 0 N–H and O–H groups in total. The van der Waals surface area contributed by atoms with Crippen molar-refractivity contribution < 1.29 is 36.5 Å². The van der Waals surface area contributed by atoms with Crippen LogP contribution in [0.2, 0.25) is 0 Å². The molecule has 0 spiro atoms. The molecule has 12 heteroatoms. The van der Waals surface area contributed by atoms with Gasteiger partial charge < -0.3 is 23.5 Å². The predicted octanol–water partition coefficient (Wildman–Crippen LogP) is 5.27. The molecule has 0 fully saturated rings. The summed E-state index contributed by atoms with van der Waals surface area (Å²) in [5, 5.41) is 1.04. The zero-order valence-corrected chi connectivity index (χ0v) is 20.3. The number of methoxy groups -OCH3 is 4. The van der Waals surface area contributed by atoms with Crippen molar-refractivity contribution >= 4 is 44.5 Å². The topological polar surface area (TPSA) is 97.4 Å². The first-order chi connectivity index (χ1) is 14.5. The van der Waals surface area contributed by atoms with Crippen LogP contribution >= 0.6 is 28.6 Å². The molecule has 2 aromatic rings. The number of benzene rings is 2. The van der Waals surface area contributed by atoms with E-state index >= 15 is 0 Å². The average molecular weight is 511 g/mol. The van der Waals surface area contributed by atoms with Crippen LogP contribution in [0.15, 0.2) is 35.7 Å². The number of hydrogen-bond donors (Lipinski definition) is 0. The highest BCUT2D eigenvalue weighted by Crippen LogP contribution is 2.58. The molecule has 170 valence electrons. The minimum Gasteiger partial charge on any atom is -0.496 e. The lowest BCUT2D eigenvalue weighted by molar-refractivity contribution is 0.374. The Morgan fingerprint density at radius 2 is 1.45 bits per heavy atom. The zero-order chi connectivity index (χ0) is 23.2. The maximum atomic E-state index is 12.7. The van der Waals surface area contributed by atoms with Crippen molar-refractivity contribution in [1.82, 2.24) is 0 Å². The number of rotatable bonds is 10. The minimum atomic E-state index is -3.91. The van der Waals surface area contributed by atoms with Crippen LogP contribution < -0.4 is 23.5 Å². The summed E-state index contributed by atoms with van der Waals surface area (Å²) in [5.74, 6) is 1.04. The van der Waals surface area contributed by atoms with Gasteiger partial charge in [-0.25, -0.2) is 13.0 Å². The summed E-state index contributed by atoms with van der Waals surface area (Å²) in [6.07, 6.45) is -2.54. The molecule has 0 bridgehead atoms. The van der Waals surface area contributed by atoms with Gasteiger partial charge in [-0.05, 0) is 23.8 Å². The van der Waals surface area contributed by atoms with Crippen LogP contribution in [0, 0.1) is 0 Å². The van der Waals surface area contributed by atoms with Crippen LogP contribution in [0.1, 0.15) is 11.1 Å². The summed E-state index contributed by atoms with van der Waals surface area (Å²) in [6.45, 7) is 0. The summed E-state index contributed by atoms with van der Waals surface area (Å²) in [7, 11) is 2.03. The Kier molecular flexibility index (Phi) is 8.54. The van der Waals surface area contributed by atoms with Gasteiger partial charge in [-0.1, -0.05) is 6.07 Å². The van der Waals surface area contributed by atoms with E-state index < -0.39 is 15.9 Å². The fraction of sp³-hybridized carbons (Fsp3) is 0.263. The first-order valence-electron chi connectivity index (χ1n) is 8.58. The third-order valence-electron chi connectivity index (χ3n) is 4.00. The molecule has 2 aromatic carbocycles. The number of halogens is 2. The highest BCUT2D eigenvalue weighted by Gasteiger charge is 2.20. The zero-order valence-electron chi connectivity index (χ0n) is 17.1. The second-order valence-electron chi connectivity index (χ2n) is 6.05. The fourth-order valence-electron chi connectivity index (χ4n) is 2.65. The first-order valence-corrected chi connectivity index (χ1v) is 13.7. The Hall–Kier alpha value is -2.06. The smallest absolute Gasteiger partial charge is 0.428 e. The standard InChI is InChI=1S/C19H21Cl2O8PS/c1-25-14-10-17(27-3)15(18(11-14)28-4)7-8-31(23,24)12-13-5-6-16(26-2)19(9-13)29-30(20,21)22/h5-11H,12H2,1-4H3/b8-7+. The molecule has 0 amide bonds. The quantitative estimate of drug-likeness (QED) is 0.398. The molecule has 0 aliphatic rings. The van der Waals surface area contributed by atoms with Crippen LogP contribution in [0.3, 0.4) is 0 Å². The minimum absolute atomic E-state index is 0.0361. The summed E-state index contributed by atoms with van der Waals surface area (Å²) >= 11 is 10.9. The molecule has 31 heavy (non-hydrogen) atoms. The summed E-state index contributed by atoms with van der Waals surface area (Å²) in [4.78, 5) is 0. The maximum absolute atomic E-state index is 12.7. The normalized spacial score (nSPS) is 11.9. The van der Waals surface area contributed by atoms with Gasteiger partial charge in [-0.3, -0.25) is 0 Å². The van der Waals surface area contributed by atoms with E-state index in [1.54, 1.807) is 12.1 Å². The molecular weight excluding hydrogens is 490 g/mol. The van der Waals surface area contributed by atoms with Crippen LogP contribution in [-0.2, 0) is 20.2 Å². The van der Waals surface area contributed by atoms with Gasteiger partial charge in [0.2, 0.25) is 0 Å². The van der Waals surface area contributed by atoms with Crippen molar-refractivity contribution in [3.05, 3.63) is 46.9 Å². The molecule has 0 radical (unpaired) electrons. The third-order valence-corrected chi connectivity index (χ3v) is 6.11. The SMILES string of the molecule is COc1cc(OC)c(/C=C/S(=O)(=O)Cc2ccc(OC)c(OP(=O)(Cl)Cl)c2)c(OC)c1. The van der Waals surface area contributed by atoms with Gasteiger partial charge >= 0.3 is 6.07 Å². The van der Waals surface area contributed by atoms with Gasteiger partial charge in [0.15, 0.2) is 21.3 Å². The van der Waals surface area contributed by atoms with E-state index in [-0.39, 0.29) is 17.3 Å². The van der Waals surface area contributed by atoms with Crippen molar-refractivity contribution in [3.63, 3.8) is 0 Å². The van der Waals surface area contributed by atoms with E-state index in [1.165, 1.54) is 52.7 Å². The third kappa shape index (κ3) is 7.25. The molecular formula is C19H21Cl2O8PS. The van der Waals surface area contributed by atoms with E-state index in [1.807, 2.05) is 0 Å². The van der Waals surface area contributed by atoms with Crippen molar-refractivity contribution in [3.8, 4) is 28.7 Å². The lowest BCUT2D eigenvalue weighted by atomic mass is 10.1. The van der Waals surface area contributed by atoms with E-state index in [0.29, 0.717) is 28.4 Å². The van der Waals surface area contributed by atoms with Gasteiger partial charge in [-0.15, -0.1) is 0 Å². The Balaban J connectivity index is 2.35. The van der Waals surface area contributed by atoms with Crippen LogP contribution in [-0.4, -0.2) is 36.9 Å². The Labute approximate surface area is 190 Å². The molecule has 0 saturated carbocycles. The average Bonchev–Trinajstić information content (AvgIpc) is 2.70. The maximum Gasteiger partial charge on any atom is 0.428 e. The first kappa shape index (κ1) is 25.2. The van der Waals surface area contributed by atoms with Crippen molar-refractivity contribution in [2.45, 2.75) is 5.75 Å². The fourth-order valence-corrected chi connectivity index (χ4v) is 4.55. The molecule has 2 rings (SSSR count). The largest absolute Gasteiger partial charge is 0.496 e. The number of sulfone groups is 1. The highest BCUT2D eigenvalue weighted by atomic mass is 35.9. The molecule has 0 aliphatic carbocycles. The van der Waals surface area contributed by atoms with E-state index in [2.05, 4.69) is 0 Å². The van der Waals surface area contributed by atoms with Gasteiger partial charge in [0.05, 0.1) is 39.8 Å². The summed E-state index contributed by atoms with van der Waals surface area (Å²) < 4.78 is 62.8. The van der Waals surface area contributed by atoms with Gasteiger partial charge in [0.25, 0.3) is 0 Å². The lowest BCUT2D eigenvalue weighted by Gasteiger charge is -2.13. The van der Waals surface area contributed by atoms with E-state index in [0.717, 1.165) is 5.41 Å². The predicted molar refractivity (Wildman–Crippen MR) is 121 cm³/mol. The van der Waals surface area contributed by atoms with Crippen molar-refractivity contribution in [2.24, 2.45) is 0 Å². The van der Waals surface area contributed by atoms with Crippen molar-refractivity contribution in [1.29, 1.82) is 0 Å². The van der Waals surface area contributed by atoms with Crippen LogP contribution in [0.25, 0.3) is 6.08 Å². The van der Waals surface area contributed by atoms with Crippen molar-refractivity contribution in [2.75, 3.05) is 28.4 Å². The Morgan fingerprint density at radius 1 is 0.871 bits per heavy atom. The van der Waals surface area contributed by atoms with Gasteiger partial charge in [0.1, 0.15) is 17.2 Å². The second-order valence-corrected chi connectivity index (χ2v) is 12.1. The van der Waals surface area contributed by atoms with Gasteiger partial charge in [0, 0.05) is 40.0 Å². The molecule has 8 nitrogen and oxygen atoms in total. The molecule has 0 aromatic heterocycles. The van der Waals surface area contributed by atoms with E-state index in [4.69, 9.17) is 46.0 Å². The van der Waals surface area contributed by atoms with Gasteiger partial charge in [-0.2, -0.15) is 0 Å². The Bertz CT molecular complexity index is 1090. The molecule has 0 unspecified atom stereocenters. The Morgan fingerprint density at radius 3 is 1.94 bits per heavy atom. The van der Waals surface area contributed by atoms with Crippen LogP contribution in [0.4, 0.5) is 0 Å². The van der Waals surface area contributed by atoms with Crippen LogP contribution in [0.5, 0.6) is 28.7 Å². The molecule has 0 heterocycles. The van der Waals surface area contributed by atoms with E-state index in [9.17, 15) is 13.0 Å². The molecule has 0 atom stereocenters. The summed E-state index contributed by atoms with van der Waals surface area (Å²) in [6, 6.07) is 7.55.